The Morgan fingerprint density at radius 1 is 1.20 bits per heavy atom. The first-order valence-electron chi connectivity index (χ1n) is 9.18. The van der Waals surface area contributed by atoms with Crippen molar-refractivity contribution < 1.29 is 29.5 Å². The number of hydrogen-bond donors (Lipinski definition) is 1. The molecule has 0 amide bonds. The maximum atomic E-state index is 11.0. The summed E-state index contributed by atoms with van der Waals surface area (Å²) in [6.45, 7) is 1.93. The first kappa shape index (κ1) is 21.8. The lowest BCUT2D eigenvalue weighted by molar-refractivity contribution is -0.347. The number of hydrogen-bond acceptors (Lipinski definition) is 6. The molecule has 1 fully saturated rings. The Labute approximate surface area is 150 Å². The monoisotopic (exact) mass is 356 g/mol. The van der Waals surface area contributed by atoms with Crippen LogP contribution in [0.25, 0.3) is 0 Å². The minimum atomic E-state index is -0.412. The predicted molar refractivity (Wildman–Crippen MR) is 94.8 cm³/mol. The highest BCUT2D eigenvalue weighted by molar-refractivity contribution is 5.68. The van der Waals surface area contributed by atoms with E-state index < -0.39 is 6.10 Å². The van der Waals surface area contributed by atoms with E-state index in [4.69, 9.17) is 15.0 Å². The van der Waals surface area contributed by atoms with E-state index in [9.17, 15) is 4.79 Å². The Kier molecular flexibility index (Phi) is 12.2. The minimum absolute atomic E-state index is 0.0733. The topological polar surface area (TPSA) is 74.2 Å². The number of allylic oxidation sites excluding steroid dienone is 2. The third-order valence-electron chi connectivity index (χ3n) is 4.24. The Morgan fingerprint density at radius 2 is 1.96 bits per heavy atom. The minimum Gasteiger partial charge on any atom is -0.469 e. The van der Waals surface area contributed by atoms with Crippen LogP contribution in [0.3, 0.4) is 0 Å². The molecule has 0 aromatic heterocycles. The average molecular weight is 356 g/mol. The second-order valence-corrected chi connectivity index (χ2v) is 6.26. The first-order chi connectivity index (χ1) is 12.2. The van der Waals surface area contributed by atoms with Crippen molar-refractivity contribution in [3.05, 3.63) is 24.3 Å². The Balaban J connectivity index is 2.05. The molecule has 1 aliphatic heterocycles. The van der Waals surface area contributed by atoms with Gasteiger partial charge in [-0.15, -0.1) is 0 Å². The first-order valence-corrected chi connectivity index (χ1v) is 9.18. The molecule has 6 heteroatoms. The van der Waals surface area contributed by atoms with Crippen molar-refractivity contribution in [1.82, 2.24) is 0 Å². The number of esters is 1. The van der Waals surface area contributed by atoms with Crippen LogP contribution in [0.5, 0.6) is 0 Å². The van der Waals surface area contributed by atoms with Crippen LogP contribution in [-0.4, -0.2) is 36.6 Å². The van der Waals surface area contributed by atoms with Crippen LogP contribution < -0.4 is 0 Å². The van der Waals surface area contributed by atoms with Crippen molar-refractivity contribution in [3.63, 3.8) is 0 Å². The van der Waals surface area contributed by atoms with Gasteiger partial charge in [0.2, 0.25) is 0 Å². The lowest BCUT2D eigenvalue weighted by Gasteiger charge is -2.15. The van der Waals surface area contributed by atoms with E-state index in [-0.39, 0.29) is 18.2 Å². The molecule has 1 heterocycles. The zero-order chi connectivity index (χ0) is 18.3. The van der Waals surface area contributed by atoms with E-state index in [1.807, 2.05) is 25.2 Å². The van der Waals surface area contributed by atoms with Crippen LogP contribution in [-0.2, 0) is 24.2 Å². The molecule has 1 saturated heterocycles. The van der Waals surface area contributed by atoms with Crippen molar-refractivity contribution in [1.29, 1.82) is 0 Å². The van der Waals surface area contributed by atoms with E-state index in [1.165, 1.54) is 7.11 Å². The van der Waals surface area contributed by atoms with Gasteiger partial charge in [0, 0.05) is 12.8 Å². The summed E-state index contributed by atoms with van der Waals surface area (Å²) in [5.41, 5.74) is 0. The van der Waals surface area contributed by atoms with Gasteiger partial charge in [0.05, 0.1) is 7.11 Å². The summed E-state index contributed by atoms with van der Waals surface area (Å²) in [4.78, 5) is 25.9. The van der Waals surface area contributed by atoms with Crippen LogP contribution in [0.2, 0.25) is 0 Å². The molecule has 0 spiro atoms. The van der Waals surface area contributed by atoms with Crippen molar-refractivity contribution in [2.75, 3.05) is 7.11 Å². The second-order valence-electron chi connectivity index (χ2n) is 6.26. The number of carbonyl (C=O) groups is 1. The van der Waals surface area contributed by atoms with Gasteiger partial charge in [-0.2, -0.15) is 0 Å². The molecule has 0 aromatic rings. The number of carbonyl (C=O) groups excluding carboxylic acids is 1. The molecule has 3 atom stereocenters. The molecule has 0 bridgehead atoms. The average Bonchev–Trinajstić information content (AvgIpc) is 3.08. The normalized spacial score (nSPS) is 22.0. The number of rotatable bonds is 13. The maximum Gasteiger partial charge on any atom is 0.305 e. The lowest BCUT2D eigenvalue weighted by Crippen LogP contribution is -2.27. The van der Waals surface area contributed by atoms with Gasteiger partial charge in [-0.25, -0.2) is 14.7 Å². The van der Waals surface area contributed by atoms with Gasteiger partial charge >= 0.3 is 5.97 Å². The molecular weight excluding hydrogens is 324 g/mol. The third kappa shape index (κ3) is 9.75. The fourth-order valence-electron chi connectivity index (χ4n) is 2.76. The van der Waals surface area contributed by atoms with E-state index in [2.05, 4.69) is 15.7 Å². The Bertz CT molecular complexity index is 407. The molecular formula is C19H32O6. The van der Waals surface area contributed by atoms with E-state index in [1.54, 1.807) is 0 Å². The van der Waals surface area contributed by atoms with Crippen LogP contribution in [0.15, 0.2) is 24.3 Å². The second kappa shape index (κ2) is 14.0. The molecule has 0 saturated carbocycles. The zero-order valence-corrected chi connectivity index (χ0v) is 15.4. The number of ether oxygens (including phenoxy) is 1. The summed E-state index contributed by atoms with van der Waals surface area (Å²) < 4.78 is 4.61. The van der Waals surface area contributed by atoms with Gasteiger partial charge < -0.3 is 4.74 Å². The van der Waals surface area contributed by atoms with Crippen LogP contribution in [0, 0.1) is 0 Å². The van der Waals surface area contributed by atoms with Crippen molar-refractivity contribution >= 4 is 5.97 Å². The van der Waals surface area contributed by atoms with Gasteiger partial charge in [-0.1, -0.05) is 43.6 Å². The van der Waals surface area contributed by atoms with Gasteiger partial charge in [-0.05, 0) is 32.6 Å². The van der Waals surface area contributed by atoms with E-state index in [0.717, 1.165) is 38.5 Å². The molecule has 25 heavy (non-hydrogen) atoms. The van der Waals surface area contributed by atoms with Crippen molar-refractivity contribution in [3.8, 4) is 0 Å². The SMILES string of the molecule is C/C=C/C1CC(C(C/C=C\CCCCCCCC(=O)OC)OO)OO1. The van der Waals surface area contributed by atoms with Crippen LogP contribution >= 0.6 is 0 Å². The van der Waals surface area contributed by atoms with Gasteiger partial charge in [0.25, 0.3) is 0 Å². The quantitative estimate of drug-likeness (QED) is 0.174. The maximum absolute atomic E-state index is 11.0. The molecule has 144 valence electrons. The van der Waals surface area contributed by atoms with Gasteiger partial charge in [0.15, 0.2) is 0 Å². The zero-order valence-electron chi connectivity index (χ0n) is 15.4. The molecule has 1 N–H and O–H groups in total. The largest absolute Gasteiger partial charge is 0.469 e. The summed E-state index contributed by atoms with van der Waals surface area (Å²) in [5, 5.41) is 9.06. The molecule has 3 unspecified atom stereocenters. The Morgan fingerprint density at radius 3 is 2.68 bits per heavy atom. The Hall–Kier alpha value is -1.21. The number of methoxy groups -OCH3 is 1. The standard InChI is InChI=1S/C19H32O6/c1-3-12-16-15-18(25-24-16)17(23-21)13-10-8-6-4-5-7-9-11-14-19(20)22-2/h3,8,10,12,16-18,21H,4-7,9,11,13-15H2,1-2H3/b10-8-,12-3+. The summed E-state index contributed by atoms with van der Waals surface area (Å²) in [6.07, 6.45) is 15.4. The van der Waals surface area contributed by atoms with Crippen LogP contribution in [0.1, 0.15) is 64.7 Å². The van der Waals surface area contributed by atoms with E-state index >= 15 is 0 Å². The third-order valence-corrected chi connectivity index (χ3v) is 4.24. The summed E-state index contributed by atoms with van der Waals surface area (Å²) in [7, 11) is 1.42. The fourth-order valence-corrected chi connectivity index (χ4v) is 2.76. The van der Waals surface area contributed by atoms with Crippen molar-refractivity contribution in [2.24, 2.45) is 0 Å². The summed E-state index contributed by atoms with van der Waals surface area (Å²) in [5.74, 6) is -0.128. The molecule has 0 aliphatic carbocycles. The van der Waals surface area contributed by atoms with Crippen LogP contribution in [0.4, 0.5) is 0 Å². The molecule has 1 rings (SSSR count). The van der Waals surface area contributed by atoms with Crippen molar-refractivity contribution in [2.45, 2.75) is 83.0 Å². The lowest BCUT2D eigenvalue weighted by atomic mass is 10.0. The molecule has 1 aliphatic rings. The van der Waals surface area contributed by atoms with Gasteiger partial charge in [-0.3, -0.25) is 10.1 Å². The molecule has 0 radical (unpaired) electrons. The smallest absolute Gasteiger partial charge is 0.305 e. The summed E-state index contributed by atoms with van der Waals surface area (Å²) in [6, 6.07) is 0. The predicted octanol–water partition coefficient (Wildman–Crippen LogP) is 4.36. The highest BCUT2D eigenvalue weighted by Crippen LogP contribution is 2.24. The fraction of sp³-hybridized carbons (Fsp3) is 0.737. The van der Waals surface area contributed by atoms with Gasteiger partial charge in [0.1, 0.15) is 18.3 Å². The highest BCUT2D eigenvalue weighted by atomic mass is 17.2. The molecule has 6 nitrogen and oxygen atoms in total. The highest BCUT2D eigenvalue weighted by Gasteiger charge is 2.33. The summed E-state index contributed by atoms with van der Waals surface area (Å²) >= 11 is 0. The number of unbranched alkanes of at least 4 members (excludes halogenated alkanes) is 5. The molecule has 0 aromatic carbocycles. The van der Waals surface area contributed by atoms with E-state index in [0.29, 0.717) is 19.3 Å².